The van der Waals surface area contributed by atoms with Gasteiger partial charge in [-0.2, -0.15) is 0 Å². The van der Waals surface area contributed by atoms with Crippen LogP contribution in [0, 0.1) is 0 Å². The third kappa shape index (κ3) is 8.57. The zero-order chi connectivity index (χ0) is 18.6. The van der Waals surface area contributed by atoms with Crippen molar-refractivity contribution in [2.24, 2.45) is 0 Å². The Bertz CT molecular complexity index is 637. The molecule has 27 heavy (non-hydrogen) atoms. The monoisotopic (exact) mass is 391 g/mol. The first-order chi connectivity index (χ1) is 12.7. The fraction of sp³-hybridized carbons (Fsp3) is 0.409. The zero-order valence-corrected chi connectivity index (χ0v) is 16.5. The number of carbonyl (C=O) groups is 1. The standard InChI is InChI=1S/C15H23NO.C7H6O2.ClH/c17-12-6-11-16-10-5-4-9-15(16)13-14-7-2-1-3-8-14;8-7(9)6-4-2-1-3-5-6;/h1-3,7-8,15,17H,4-6,9-13H2;1-5H,(H,8,9);1H. The number of nitrogens with zero attached hydrogens (tertiary/aromatic N) is 1. The van der Waals surface area contributed by atoms with Crippen LogP contribution in [0.4, 0.5) is 0 Å². The molecule has 2 N–H and O–H groups in total. The smallest absolute Gasteiger partial charge is 0.335 e. The predicted octanol–water partition coefficient (Wildman–Crippen LogP) is 4.27. The van der Waals surface area contributed by atoms with E-state index in [4.69, 9.17) is 10.2 Å². The van der Waals surface area contributed by atoms with Gasteiger partial charge in [0.1, 0.15) is 0 Å². The summed E-state index contributed by atoms with van der Waals surface area (Å²) in [4.78, 5) is 12.8. The molecule has 0 saturated carbocycles. The number of aliphatic hydroxyl groups is 1. The van der Waals surface area contributed by atoms with Crippen molar-refractivity contribution in [3.63, 3.8) is 0 Å². The number of carboxylic acid groups (broad SMARTS) is 1. The van der Waals surface area contributed by atoms with Gasteiger partial charge in [-0.1, -0.05) is 55.0 Å². The molecular formula is C22H30ClNO3. The van der Waals surface area contributed by atoms with E-state index in [1.165, 1.54) is 31.4 Å². The molecule has 0 aromatic heterocycles. The van der Waals surface area contributed by atoms with E-state index in [1.807, 2.05) is 0 Å². The lowest BCUT2D eigenvalue weighted by atomic mass is 9.95. The Morgan fingerprint density at radius 2 is 1.63 bits per heavy atom. The summed E-state index contributed by atoms with van der Waals surface area (Å²) < 4.78 is 0. The Balaban J connectivity index is 0.000000310. The van der Waals surface area contributed by atoms with Crippen molar-refractivity contribution in [3.05, 3.63) is 71.8 Å². The number of likely N-dealkylation sites (tertiary alicyclic amines) is 1. The molecule has 148 valence electrons. The average molecular weight is 392 g/mol. The van der Waals surface area contributed by atoms with Crippen molar-refractivity contribution < 1.29 is 15.0 Å². The van der Waals surface area contributed by atoms with E-state index in [0.717, 1.165) is 19.4 Å². The molecule has 3 rings (SSSR count). The summed E-state index contributed by atoms with van der Waals surface area (Å²) in [6.07, 6.45) is 6.04. The van der Waals surface area contributed by atoms with Gasteiger partial charge in [0.2, 0.25) is 0 Å². The molecule has 1 atom stereocenters. The van der Waals surface area contributed by atoms with E-state index >= 15 is 0 Å². The number of hydrogen-bond acceptors (Lipinski definition) is 3. The number of benzene rings is 2. The van der Waals surface area contributed by atoms with E-state index in [2.05, 4.69) is 35.2 Å². The molecule has 1 aliphatic heterocycles. The molecule has 0 amide bonds. The summed E-state index contributed by atoms with van der Waals surface area (Å²) in [5.41, 5.74) is 1.77. The van der Waals surface area contributed by atoms with Crippen molar-refractivity contribution in [1.29, 1.82) is 0 Å². The van der Waals surface area contributed by atoms with Crippen LogP contribution in [-0.2, 0) is 6.42 Å². The highest BCUT2D eigenvalue weighted by atomic mass is 35.5. The van der Waals surface area contributed by atoms with Crippen molar-refractivity contribution in [2.75, 3.05) is 19.7 Å². The number of aromatic carboxylic acids is 1. The average Bonchev–Trinajstić information content (AvgIpc) is 2.69. The minimum atomic E-state index is -0.879. The third-order valence-corrected chi connectivity index (χ3v) is 4.69. The maximum absolute atomic E-state index is 10.2. The Morgan fingerprint density at radius 3 is 2.19 bits per heavy atom. The highest BCUT2D eigenvalue weighted by Gasteiger charge is 2.21. The second kappa shape index (κ2) is 13.3. The number of rotatable bonds is 6. The van der Waals surface area contributed by atoms with Gasteiger partial charge in [0, 0.05) is 19.2 Å². The second-order valence-electron chi connectivity index (χ2n) is 6.62. The maximum atomic E-state index is 10.2. The molecule has 1 heterocycles. The molecule has 0 aliphatic carbocycles. The first-order valence-corrected chi connectivity index (χ1v) is 9.38. The molecule has 1 unspecified atom stereocenters. The predicted molar refractivity (Wildman–Crippen MR) is 112 cm³/mol. The Hall–Kier alpha value is -1.88. The SMILES string of the molecule is Cl.O=C(O)c1ccccc1.OCCCN1CCCCC1Cc1ccccc1. The van der Waals surface area contributed by atoms with Crippen molar-refractivity contribution in [2.45, 2.75) is 38.1 Å². The number of hydrogen-bond donors (Lipinski definition) is 2. The van der Waals surface area contributed by atoms with E-state index < -0.39 is 5.97 Å². The van der Waals surface area contributed by atoms with Gasteiger partial charge in [0.25, 0.3) is 0 Å². The van der Waals surface area contributed by atoms with Crippen LogP contribution >= 0.6 is 12.4 Å². The molecule has 1 fully saturated rings. The van der Waals surface area contributed by atoms with E-state index in [1.54, 1.807) is 30.3 Å². The normalized spacial score (nSPS) is 16.6. The van der Waals surface area contributed by atoms with Gasteiger partial charge in [0.05, 0.1) is 5.56 Å². The molecule has 0 spiro atoms. The molecule has 0 radical (unpaired) electrons. The van der Waals surface area contributed by atoms with Gasteiger partial charge in [-0.25, -0.2) is 4.79 Å². The lowest BCUT2D eigenvalue weighted by Crippen LogP contribution is -2.41. The number of halogens is 1. The molecule has 5 heteroatoms. The van der Waals surface area contributed by atoms with Crippen molar-refractivity contribution in [1.82, 2.24) is 4.90 Å². The van der Waals surface area contributed by atoms with E-state index in [9.17, 15) is 4.79 Å². The van der Waals surface area contributed by atoms with Crippen LogP contribution in [0.25, 0.3) is 0 Å². The zero-order valence-electron chi connectivity index (χ0n) is 15.7. The molecular weight excluding hydrogens is 362 g/mol. The third-order valence-electron chi connectivity index (χ3n) is 4.69. The van der Waals surface area contributed by atoms with E-state index in [0.29, 0.717) is 18.2 Å². The summed E-state index contributed by atoms with van der Waals surface area (Å²) in [7, 11) is 0. The lowest BCUT2D eigenvalue weighted by molar-refractivity contribution is 0.0697. The largest absolute Gasteiger partial charge is 0.478 e. The van der Waals surface area contributed by atoms with Gasteiger partial charge in [-0.05, 0) is 49.9 Å². The number of piperidine rings is 1. The van der Waals surface area contributed by atoms with E-state index in [-0.39, 0.29) is 12.4 Å². The quantitative estimate of drug-likeness (QED) is 0.771. The van der Waals surface area contributed by atoms with Gasteiger partial charge in [0.15, 0.2) is 0 Å². The molecule has 2 aromatic rings. The van der Waals surface area contributed by atoms with Crippen LogP contribution in [0.5, 0.6) is 0 Å². The molecule has 1 saturated heterocycles. The first kappa shape index (κ1) is 23.2. The summed E-state index contributed by atoms with van der Waals surface area (Å²) in [6.45, 7) is 2.57. The van der Waals surface area contributed by atoms with Crippen LogP contribution in [-0.4, -0.2) is 46.8 Å². The lowest BCUT2D eigenvalue weighted by Gasteiger charge is -2.35. The fourth-order valence-corrected chi connectivity index (χ4v) is 3.33. The summed E-state index contributed by atoms with van der Waals surface area (Å²) in [5.74, 6) is -0.879. The Kier molecular flexibility index (Phi) is 11.4. The van der Waals surface area contributed by atoms with Crippen molar-refractivity contribution >= 4 is 18.4 Å². The number of aliphatic hydroxyl groups excluding tert-OH is 1. The van der Waals surface area contributed by atoms with Gasteiger partial charge in [-0.3, -0.25) is 4.90 Å². The molecule has 4 nitrogen and oxygen atoms in total. The number of carboxylic acids is 1. The Labute approximate surface area is 168 Å². The van der Waals surface area contributed by atoms with Crippen LogP contribution < -0.4 is 0 Å². The minimum Gasteiger partial charge on any atom is -0.478 e. The van der Waals surface area contributed by atoms with Gasteiger partial charge >= 0.3 is 5.97 Å². The van der Waals surface area contributed by atoms with Gasteiger partial charge in [-0.15, -0.1) is 12.4 Å². The van der Waals surface area contributed by atoms with Crippen LogP contribution in [0.3, 0.4) is 0 Å². The second-order valence-corrected chi connectivity index (χ2v) is 6.62. The van der Waals surface area contributed by atoms with Crippen LogP contribution in [0.2, 0.25) is 0 Å². The highest BCUT2D eigenvalue weighted by Crippen LogP contribution is 2.20. The molecule has 2 aromatic carbocycles. The first-order valence-electron chi connectivity index (χ1n) is 9.38. The topological polar surface area (TPSA) is 60.8 Å². The minimum absolute atomic E-state index is 0. The van der Waals surface area contributed by atoms with Crippen molar-refractivity contribution in [3.8, 4) is 0 Å². The summed E-state index contributed by atoms with van der Waals surface area (Å²) >= 11 is 0. The maximum Gasteiger partial charge on any atom is 0.335 e. The summed E-state index contributed by atoms with van der Waals surface area (Å²) in [6, 6.07) is 19.7. The van der Waals surface area contributed by atoms with Crippen LogP contribution in [0.1, 0.15) is 41.6 Å². The molecule has 0 bridgehead atoms. The molecule has 1 aliphatic rings. The van der Waals surface area contributed by atoms with Gasteiger partial charge < -0.3 is 10.2 Å². The Morgan fingerprint density at radius 1 is 1.00 bits per heavy atom. The fourth-order valence-electron chi connectivity index (χ4n) is 3.33. The summed E-state index contributed by atoms with van der Waals surface area (Å²) in [5, 5.41) is 17.3. The highest BCUT2D eigenvalue weighted by molar-refractivity contribution is 5.87. The van der Waals surface area contributed by atoms with Crippen LogP contribution in [0.15, 0.2) is 60.7 Å².